The normalized spacial score (nSPS) is 21.7. The molecule has 1 aromatic carbocycles. The van der Waals surface area contributed by atoms with Gasteiger partial charge in [-0.15, -0.1) is 0 Å². The standard InChI is InChI=1S/C18H19F3N2O2/c1-16(2)8-17(7-13(22)14(16)24)9-23(10-17)15(25)11-5-3-4-6-12(11)18(19,20)21/h3-7H,8-10,22H2,1-2H3. The predicted molar refractivity (Wildman–Crippen MR) is 85.5 cm³/mol. The van der Waals surface area contributed by atoms with E-state index in [-0.39, 0.29) is 30.1 Å². The second kappa shape index (κ2) is 5.34. The summed E-state index contributed by atoms with van der Waals surface area (Å²) in [6.07, 6.45) is -2.40. The van der Waals surface area contributed by atoms with E-state index in [0.717, 1.165) is 6.07 Å². The molecule has 0 aromatic heterocycles. The average Bonchev–Trinajstić information content (AvgIpc) is 2.48. The van der Waals surface area contributed by atoms with Crippen LogP contribution in [0, 0.1) is 10.8 Å². The van der Waals surface area contributed by atoms with Crippen molar-refractivity contribution in [1.82, 2.24) is 4.90 Å². The third-order valence-electron chi connectivity index (χ3n) is 4.89. The first-order valence-electron chi connectivity index (χ1n) is 7.94. The minimum absolute atomic E-state index is 0.134. The summed E-state index contributed by atoms with van der Waals surface area (Å²) < 4.78 is 39.3. The number of hydrogen-bond donors (Lipinski definition) is 1. The van der Waals surface area contributed by atoms with E-state index >= 15 is 0 Å². The Balaban J connectivity index is 1.83. The molecule has 1 aromatic rings. The van der Waals surface area contributed by atoms with Crippen LogP contribution in [0.15, 0.2) is 36.0 Å². The summed E-state index contributed by atoms with van der Waals surface area (Å²) in [5.41, 5.74) is 3.61. The first kappa shape index (κ1) is 17.5. The zero-order valence-corrected chi connectivity index (χ0v) is 14.0. The molecule has 0 saturated carbocycles. The van der Waals surface area contributed by atoms with Gasteiger partial charge < -0.3 is 10.6 Å². The predicted octanol–water partition coefficient (Wildman–Crippen LogP) is 2.99. The Bertz CT molecular complexity index is 775. The van der Waals surface area contributed by atoms with Gasteiger partial charge in [0.15, 0.2) is 5.78 Å². The summed E-state index contributed by atoms with van der Waals surface area (Å²) >= 11 is 0. The summed E-state index contributed by atoms with van der Waals surface area (Å²) in [5.74, 6) is -0.787. The number of Topliss-reactive ketones (excluding diaryl/α,β-unsaturated/α-hetero) is 1. The molecule has 1 spiro atoms. The molecule has 1 heterocycles. The Morgan fingerprint density at radius 2 is 1.80 bits per heavy atom. The van der Waals surface area contributed by atoms with Crippen molar-refractivity contribution >= 4 is 11.7 Å². The van der Waals surface area contributed by atoms with Crippen LogP contribution in [0.1, 0.15) is 36.2 Å². The van der Waals surface area contributed by atoms with Crippen LogP contribution in [-0.4, -0.2) is 29.7 Å². The molecule has 1 aliphatic carbocycles. The van der Waals surface area contributed by atoms with Crippen molar-refractivity contribution in [2.45, 2.75) is 26.4 Å². The Labute approximate surface area is 143 Å². The molecule has 2 N–H and O–H groups in total. The minimum atomic E-state index is -4.58. The fraction of sp³-hybridized carbons (Fsp3) is 0.444. The van der Waals surface area contributed by atoms with Gasteiger partial charge in [-0.2, -0.15) is 13.2 Å². The lowest BCUT2D eigenvalue weighted by Gasteiger charge is -2.53. The maximum Gasteiger partial charge on any atom is 0.417 e. The molecule has 0 radical (unpaired) electrons. The number of alkyl halides is 3. The smallest absolute Gasteiger partial charge is 0.396 e. The highest BCUT2D eigenvalue weighted by molar-refractivity contribution is 6.00. The van der Waals surface area contributed by atoms with Crippen molar-refractivity contribution in [3.8, 4) is 0 Å². The van der Waals surface area contributed by atoms with Crippen molar-refractivity contribution in [2.24, 2.45) is 16.6 Å². The molecule has 1 fully saturated rings. The van der Waals surface area contributed by atoms with E-state index in [9.17, 15) is 22.8 Å². The fourth-order valence-corrected chi connectivity index (χ4v) is 3.95. The molecule has 1 saturated heterocycles. The number of nitrogens with two attached hydrogens (primary N) is 1. The highest BCUT2D eigenvalue weighted by Gasteiger charge is 2.52. The quantitative estimate of drug-likeness (QED) is 0.845. The van der Waals surface area contributed by atoms with Crippen LogP contribution in [0.2, 0.25) is 0 Å². The van der Waals surface area contributed by atoms with Crippen LogP contribution in [0.4, 0.5) is 13.2 Å². The molecule has 1 amide bonds. The fourth-order valence-electron chi connectivity index (χ4n) is 3.95. The number of benzene rings is 1. The van der Waals surface area contributed by atoms with Gasteiger partial charge >= 0.3 is 6.18 Å². The number of ketones is 1. The first-order chi connectivity index (χ1) is 11.5. The highest BCUT2D eigenvalue weighted by atomic mass is 19.4. The second-order valence-corrected chi connectivity index (χ2v) is 7.56. The molecule has 0 atom stereocenters. The Kier molecular flexibility index (Phi) is 3.74. The summed E-state index contributed by atoms with van der Waals surface area (Å²) in [7, 11) is 0. The molecule has 3 rings (SSSR count). The molecule has 25 heavy (non-hydrogen) atoms. The van der Waals surface area contributed by atoms with Crippen molar-refractivity contribution in [3.05, 3.63) is 47.2 Å². The highest BCUT2D eigenvalue weighted by Crippen LogP contribution is 2.47. The molecule has 2 aliphatic rings. The first-order valence-corrected chi connectivity index (χ1v) is 7.94. The van der Waals surface area contributed by atoms with Gasteiger partial charge in [0.1, 0.15) is 0 Å². The van der Waals surface area contributed by atoms with Crippen LogP contribution in [-0.2, 0) is 11.0 Å². The average molecular weight is 352 g/mol. The van der Waals surface area contributed by atoms with Gasteiger partial charge in [0.2, 0.25) is 0 Å². The van der Waals surface area contributed by atoms with E-state index in [1.807, 2.05) is 0 Å². The second-order valence-electron chi connectivity index (χ2n) is 7.56. The van der Waals surface area contributed by atoms with E-state index in [1.165, 1.54) is 23.1 Å². The van der Waals surface area contributed by atoms with E-state index < -0.39 is 28.5 Å². The largest absolute Gasteiger partial charge is 0.417 e. The number of allylic oxidation sites excluding steroid dienone is 1. The van der Waals surface area contributed by atoms with E-state index in [2.05, 4.69) is 0 Å². The topological polar surface area (TPSA) is 63.4 Å². The Morgan fingerprint density at radius 1 is 1.20 bits per heavy atom. The summed E-state index contributed by atoms with van der Waals surface area (Å²) in [4.78, 5) is 26.0. The summed E-state index contributed by atoms with van der Waals surface area (Å²) in [5, 5.41) is 0. The molecule has 7 heteroatoms. The Hall–Kier alpha value is -2.31. The number of halogens is 3. The number of hydrogen-bond acceptors (Lipinski definition) is 3. The van der Waals surface area contributed by atoms with Crippen LogP contribution >= 0.6 is 0 Å². The lowest BCUT2D eigenvalue weighted by atomic mass is 9.62. The van der Waals surface area contributed by atoms with Crippen LogP contribution in [0.25, 0.3) is 0 Å². The zero-order chi connectivity index (χ0) is 18.6. The number of likely N-dealkylation sites (tertiary alicyclic amines) is 1. The molecule has 134 valence electrons. The lowest BCUT2D eigenvalue weighted by molar-refractivity contribution is -0.138. The maximum absolute atomic E-state index is 13.1. The van der Waals surface area contributed by atoms with Crippen molar-refractivity contribution in [2.75, 3.05) is 13.1 Å². The van der Waals surface area contributed by atoms with Gasteiger partial charge in [0.25, 0.3) is 5.91 Å². The molecular weight excluding hydrogens is 333 g/mol. The van der Waals surface area contributed by atoms with Crippen molar-refractivity contribution < 1.29 is 22.8 Å². The molecule has 4 nitrogen and oxygen atoms in total. The third kappa shape index (κ3) is 2.92. The van der Waals surface area contributed by atoms with Gasteiger partial charge in [0, 0.05) is 23.9 Å². The SMILES string of the molecule is CC1(C)CC2(C=C(N)C1=O)CN(C(=O)c1ccccc1C(F)(F)F)C2. The van der Waals surface area contributed by atoms with Crippen molar-refractivity contribution in [1.29, 1.82) is 0 Å². The number of rotatable bonds is 1. The van der Waals surface area contributed by atoms with Gasteiger partial charge in [-0.3, -0.25) is 9.59 Å². The monoisotopic (exact) mass is 352 g/mol. The van der Waals surface area contributed by atoms with E-state index in [0.29, 0.717) is 6.42 Å². The molecule has 0 bridgehead atoms. The number of nitrogens with zero attached hydrogens (tertiary/aromatic N) is 1. The molecule has 1 aliphatic heterocycles. The number of carbonyl (C=O) groups excluding carboxylic acids is 2. The number of carbonyl (C=O) groups is 2. The third-order valence-corrected chi connectivity index (χ3v) is 4.89. The van der Waals surface area contributed by atoms with Gasteiger partial charge in [-0.05, 0) is 24.6 Å². The summed E-state index contributed by atoms with van der Waals surface area (Å²) in [6, 6.07) is 4.77. The van der Waals surface area contributed by atoms with Crippen LogP contribution in [0.3, 0.4) is 0 Å². The summed E-state index contributed by atoms with van der Waals surface area (Å²) in [6.45, 7) is 4.10. The minimum Gasteiger partial charge on any atom is -0.396 e. The van der Waals surface area contributed by atoms with Gasteiger partial charge in [0.05, 0.1) is 16.8 Å². The molecule has 0 unspecified atom stereocenters. The number of amides is 1. The van der Waals surface area contributed by atoms with Crippen LogP contribution < -0.4 is 5.73 Å². The molecular formula is C18H19F3N2O2. The Morgan fingerprint density at radius 3 is 2.36 bits per heavy atom. The maximum atomic E-state index is 13.1. The van der Waals surface area contributed by atoms with E-state index in [1.54, 1.807) is 19.9 Å². The van der Waals surface area contributed by atoms with Gasteiger partial charge in [-0.1, -0.05) is 26.0 Å². The van der Waals surface area contributed by atoms with Crippen LogP contribution in [0.5, 0.6) is 0 Å². The van der Waals surface area contributed by atoms with E-state index in [4.69, 9.17) is 5.73 Å². The van der Waals surface area contributed by atoms with Gasteiger partial charge in [-0.25, -0.2) is 0 Å². The zero-order valence-electron chi connectivity index (χ0n) is 14.0. The van der Waals surface area contributed by atoms with Crippen molar-refractivity contribution in [3.63, 3.8) is 0 Å². The lowest BCUT2D eigenvalue weighted by Crippen LogP contribution is -2.61.